The van der Waals surface area contributed by atoms with Gasteiger partial charge in [0.25, 0.3) is 0 Å². The molecule has 0 bridgehead atoms. The standard InChI is InChI=1S/C15H19N3S/c1-11-13-6-9-19-14(13)5-8-18(11)10-12-4-3-7-17-15(12)16-2/h3-4,6-7,9,11H,5,8,10H2,1-2H3,(H,16,17). The van der Waals surface area contributed by atoms with Crippen LogP contribution in [0.4, 0.5) is 5.82 Å². The van der Waals surface area contributed by atoms with Crippen molar-refractivity contribution in [3.8, 4) is 0 Å². The molecule has 1 atom stereocenters. The molecule has 0 aromatic carbocycles. The van der Waals surface area contributed by atoms with E-state index in [0.717, 1.165) is 18.9 Å². The minimum Gasteiger partial charge on any atom is -0.373 e. The summed E-state index contributed by atoms with van der Waals surface area (Å²) in [4.78, 5) is 8.48. The van der Waals surface area contributed by atoms with E-state index in [1.807, 2.05) is 30.6 Å². The zero-order chi connectivity index (χ0) is 13.2. The van der Waals surface area contributed by atoms with Crippen molar-refractivity contribution in [2.45, 2.75) is 25.9 Å². The topological polar surface area (TPSA) is 28.2 Å². The highest BCUT2D eigenvalue weighted by atomic mass is 32.1. The molecule has 0 radical (unpaired) electrons. The molecule has 1 N–H and O–H groups in total. The monoisotopic (exact) mass is 273 g/mol. The quantitative estimate of drug-likeness (QED) is 0.930. The molecule has 0 spiro atoms. The Balaban J connectivity index is 1.81. The summed E-state index contributed by atoms with van der Waals surface area (Å²) in [5.74, 6) is 0.991. The second-order valence-corrected chi connectivity index (χ2v) is 5.96. The molecule has 0 amide bonds. The minimum absolute atomic E-state index is 0.500. The maximum absolute atomic E-state index is 4.39. The third kappa shape index (κ3) is 2.38. The summed E-state index contributed by atoms with van der Waals surface area (Å²) in [6, 6.07) is 6.95. The number of hydrogen-bond donors (Lipinski definition) is 1. The molecule has 1 aliphatic heterocycles. The van der Waals surface area contributed by atoms with Gasteiger partial charge >= 0.3 is 0 Å². The number of pyridine rings is 1. The molecule has 1 aliphatic rings. The number of hydrogen-bond acceptors (Lipinski definition) is 4. The van der Waals surface area contributed by atoms with Crippen LogP contribution in [0.15, 0.2) is 29.8 Å². The van der Waals surface area contributed by atoms with Gasteiger partial charge in [0.15, 0.2) is 0 Å². The van der Waals surface area contributed by atoms with Crippen molar-refractivity contribution in [1.82, 2.24) is 9.88 Å². The average molecular weight is 273 g/mol. The molecule has 0 saturated heterocycles. The molecule has 4 heteroatoms. The van der Waals surface area contributed by atoms with Crippen molar-refractivity contribution < 1.29 is 0 Å². The van der Waals surface area contributed by atoms with E-state index in [9.17, 15) is 0 Å². The maximum atomic E-state index is 4.39. The van der Waals surface area contributed by atoms with E-state index in [2.05, 4.69) is 39.6 Å². The highest BCUT2D eigenvalue weighted by molar-refractivity contribution is 7.10. The SMILES string of the molecule is CNc1ncccc1CN1CCc2sccc2C1C. The Morgan fingerprint density at radius 1 is 1.47 bits per heavy atom. The fourth-order valence-corrected chi connectivity index (χ4v) is 3.75. The first-order valence-corrected chi connectivity index (χ1v) is 7.59. The molecule has 2 aromatic heterocycles. The second-order valence-electron chi connectivity index (χ2n) is 4.96. The summed E-state index contributed by atoms with van der Waals surface area (Å²) in [5.41, 5.74) is 2.78. The Kier molecular flexibility index (Phi) is 3.53. The molecule has 3 heterocycles. The van der Waals surface area contributed by atoms with Gasteiger partial charge in [-0.25, -0.2) is 4.98 Å². The Labute approximate surface area is 118 Å². The van der Waals surface area contributed by atoms with E-state index in [1.165, 1.54) is 17.5 Å². The molecule has 1 unspecified atom stereocenters. The number of thiophene rings is 1. The lowest BCUT2D eigenvalue weighted by Crippen LogP contribution is -2.32. The molecular formula is C15H19N3S. The molecule has 0 fully saturated rings. The van der Waals surface area contributed by atoms with Crippen molar-refractivity contribution in [2.24, 2.45) is 0 Å². The van der Waals surface area contributed by atoms with Crippen LogP contribution >= 0.6 is 11.3 Å². The predicted octanol–water partition coefficient (Wildman–Crippen LogP) is 3.30. The predicted molar refractivity (Wildman–Crippen MR) is 80.6 cm³/mol. The van der Waals surface area contributed by atoms with Gasteiger partial charge in [0.2, 0.25) is 0 Å². The first kappa shape index (κ1) is 12.6. The number of aromatic nitrogens is 1. The lowest BCUT2D eigenvalue weighted by atomic mass is 10.0. The first-order chi connectivity index (χ1) is 9.29. The van der Waals surface area contributed by atoms with Crippen molar-refractivity contribution in [1.29, 1.82) is 0 Å². The zero-order valence-electron chi connectivity index (χ0n) is 11.4. The van der Waals surface area contributed by atoms with Gasteiger partial charge in [0.1, 0.15) is 5.82 Å². The number of anilines is 1. The summed E-state index contributed by atoms with van der Waals surface area (Å²) in [6.07, 6.45) is 3.01. The van der Waals surface area contributed by atoms with Crippen LogP contribution in [0.3, 0.4) is 0 Å². The van der Waals surface area contributed by atoms with E-state index in [1.54, 1.807) is 4.88 Å². The highest BCUT2D eigenvalue weighted by Gasteiger charge is 2.25. The Morgan fingerprint density at radius 2 is 2.37 bits per heavy atom. The molecule has 0 saturated carbocycles. The van der Waals surface area contributed by atoms with Crippen LogP contribution in [0.25, 0.3) is 0 Å². The number of rotatable bonds is 3. The Hall–Kier alpha value is -1.39. The van der Waals surface area contributed by atoms with E-state index in [4.69, 9.17) is 0 Å². The van der Waals surface area contributed by atoms with E-state index >= 15 is 0 Å². The van der Waals surface area contributed by atoms with Gasteiger partial charge in [-0.2, -0.15) is 0 Å². The van der Waals surface area contributed by atoms with Crippen molar-refractivity contribution in [3.05, 3.63) is 45.8 Å². The van der Waals surface area contributed by atoms with Crippen LogP contribution in [0.1, 0.15) is 29.0 Å². The number of nitrogens with one attached hydrogen (secondary N) is 1. The van der Waals surface area contributed by atoms with E-state index in [0.29, 0.717) is 6.04 Å². The normalized spacial score (nSPS) is 19.2. The largest absolute Gasteiger partial charge is 0.373 e. The molecule has 3 rings (SSSR count). The van der Waals surface area contributed by atoms with E-state index in [-0.39, 0.29) is 0 Å². The molecule has 3 nitrogen and oxygen atoms in total. The molecule has 19 heavy (non-hydrogen) atoms. The van der Waals surface area contributed by atoms with Gasteiger partial charge in [-0.05, 0) is 36.4 Å². The Bertz CT molecular complexity index is 564. The van der Waals surface area contributed by atoms with Crippen LogP contribution < -0.4 is 5.32 Å². The van der Waals surface area contributed by atoms with Gasteiger partial charge in [0, 0.05) is 42.8 Å². The first-order valence-electron chi connectivity index (χ1n) is 6.71. The minimum atomic E-state index is 0.500. The van der Waals surface area contributed by atoms with Gasteiger partial charge in [-0.3, -0.25) is 4.90 Å². The lowest BCUT2D eigenvalue weighted by Gasteiger charge is -2.33. The summed E-state index contributed by atoms with van der Waals surface area (Å²) in [5, 5.41) is 5.39. The molecular weight excluding hydrogens is 254 g/mol. The van der Waals surface area contributed by atoms with Crippen LogP contribution in [-0.2, 0) is 13.0 Å². The van der Waals surface area contributed by atoms with Gasteiger partial charge < -0.3 is 5.32 Å². The second kappa shape index (κ2) is 5.31. The van der Waals surface area contributed by atoms with E-state index < -0.39 is 0 Å². The summed E-state index contributed by atoms with van der Waals surface area (Å²) < 4.78 is 0. The van der Waals surface area contributed by atoms with Crippen molar-refractivity contribution in [3.63, 3.8) is 0 Å². The van der Waals surface area contributed by atoms with Crippen LogP contribution in [0.5, 0.6) is 0 Å². The number of nitrogens with zero attached hydrogens (tertiary/aromatic N) is 2. The third-order valence-corrected chi connectivity index (χ3v) is 4.90. The molecule has 2 aromatic rings. The van der Waals surface area contributed by atoms with Crippen LogP contribution in [0.2, 0.25) is 0 Å². The van der Waals surface area contributed by atoms with Crippen LogP contribution in [-0.4, -0.2) is 23.5 Å². The zero-order valence-corrected chi connectivity index (χ0v) is 12.2. The fourth-order valence-electron chi connectivity index (χ4n) is 2.79. The summed E-state index contributed by atoms with van der Waals surface area (Å²) in [6.45, 7) is 4.40. The summed E-state index contributed by atoms with van der Waals surface area (Å²) in [7, 11) is 1.93. The summed E-state index contributed by atoms with van der Waals surface area (Å²) >= 11 is 1.89. The lowest BCUT2D eigenvalue weighted by molar-refractivity contribution is 0.191. The van der Waals surface area contributed by atoms with Gasteiger partial charge in [-0.15, -0.1) is 11.3 Å². The van der Waals surface area contributed by atoms with Crippen molar-refractivity contribution in [2.75, 3.05) is 18.9 Å². The number of fused-ring (bicyclic) bond motifs is 1. The smallest absolute Gasteiger partial charge is 0.130 e. The Morgan fingerprint density at radius 3 is 3.21 bits per heavy atom. The third-order valence-electron chi connectivity index (χ3n) is 3.91. The van der Waals surface area contributed by atoms with Crippen molar-refractivity contribution >= 4 is 17.2 Å². The molecule has 0 aliphatic carbocycles. The maximum Gasteiger partial charge on any atom is 0.130 e. The molecule has 100 valence electrons. The average Bonchev–Trinajstić information content (AvgIpc) is 2.92. The fraction of sp³-hybridized carbons (Fsp3) is 0.400. The highest BCUT2D eigenvalue weighted by Crippen LogP contribution is 2.34. The van der Waals surface area contributed by atoms with Gasteiger partial charge in [0.05, 0.1) is 0 Å². The van der Waals surface area contributed by atoms with Gasteiger partial charge in [-0.1, -0.05) is 6.07 Å². The van der Waals surface area contributed by atoms with Crippen LogP contribution in [0, 0.1) is 0 Å².